The van der Waals surface area contributed by atoms with Crippen molar-refractivity contribution >= 4 is 6.08 Å². The number of aryl methyl sites for hydroxylation is 2. The van der Waals surface area contributed by atoms with Crippen molar-refractivity contribution in [3.8, 4) is 0 Å². The first-order chi connectivity index (χ1) is 5.77. The molecular formula is C10H10O2. The van der Waals surface area contributed by atoms with Crippen LogP contribution in [0.15, 0.2) is 21.4 Å². The van der Waals surface area contributed by atoms with Crippen molar-refractivity contribution in [2.75, 3.05) is 0 Å². The molecule has 1 aliphatic rings. The largest absolute Gasteiger partial charge is 0.465 e. The second-order valence-corrected chi connectivity index (χ2v) is 3.00. The Balaban J connectivity index is 2.71. The lowest BCUT2D eigenvalue weighted by molar-refractivity contribution is 0.460. The van der Waals surface area contributed by atoms with Gasteiger partial charge in [-0.25, -0.2) is 0 Å². The summed E-state index contributed by atoms with van der Waals surface area (Å²) in [5.74, 6) is 1.54. The van der Waals surface area contributed by atoms with E-state index >= 15 is 0 Å². The van der Waals surface area contributed by atoms with Crippen LogP contribution in [0.1, 0.15) is 23.5 Å². The highest BCUT2D eigenvalue weighted by Gasteiger charge is 2.10. The topological polar surface area (TPSA) is 30.2 Å². The van der Waals surface area contributed by atoms with Crippen LogP contribution in [0.2, 0.25) is 0 Å². The molecule has 2 heteroatoms. The summed E-state index contributed by atoms with van der Waals surface area (Å²) in [6, 6.07) is 1.54. The summed E-state index contributed by atoms with van der Waals surface area (Å²) in [5.41, 5.74) is 0.802. The predicted octanol–water partition coefficient (Wildman–Crippen LogP) is 1.91. The van der Waals surface area contributed by atoms with E-state index in [9.17, 15) is 4.79 Å². The zero-order valence-corrected chi connectivity index (χ0v) is 6.96. The maximum atomic E-state index is 11.4. The van der Waals surface area contributed by atoms with Crippen LogP contribution < -0.4 is 5.43 Å². The van der Waals surface area contributed by atoms with Gasteiger partial charge < -0.3 is 4.42 Å². The zero-order valence-electron chi connectivity index (χ0n) is 6.96. The van der Waals surface area contributed by atoms with Crippen molar-refractivity contribution in [3.05, 3.63) is 39.4 Å². The molecule has 0 aromatic carbocycles. The normalized spacial score (nSPS) is 14.4. The minimum Gasteiger partial charge on any atom is -0.465 e. The average Bonchev–Trinajstić information content (AvgIpc) is 2.04. The molecule has 0 spiro atoms. The maximum Gasteiger partial charge on any atom is 0.192 e. The minimum atomic E-state index is 0.0738. The van der Waals surface area contributed by atoms with Gasteiger partial charge in [0.1, 0.15) is 11.5 Å². The summed E-state index contributed by atoms with van der Waals surface area (Å²) in [7, 11) is 0. The van der Waals surface area contributed by atoms with Gasteiger partial charge in [-0.2, -0.15) is 0 Å². The van der Waals surface area contributed by atoms with Crippen LogP contribution in [-0.2, 0) is 6.42 Å². The molecule has 0 unspecified atom stereocenters. The van der Waals surface area contributed by atoms with E-state index in [1.54, 1.807) is 6.92 Å². The van der Waals surface area contributed by atoms with Gasteiger partial charge >= 0.3 is 0 Å². The van der Waals surface area contributed by atoms with Gasteiger partial charge in [-0.15, -0.1) is 0 Å². The Morgan fingerprint density at radius 2 is 2.33 bits per heavy atom. The van der Waals surface area contributed by atoms with Crippen LogP contribution in [0.4, 0.5) is 0 Å². The quantitative estimate of drug-likeness (QED) is 0.583. The third-order valence-corrected chi connectivity index (χ3v) is 2.01. The highest BCUT2D eigenvalue weighted by molar-refractivity contribution is 5.53. The van der Waals surface area contributed by atoms with Crippen molar-refractivity contribution in [1.82, 2.24) is 0 Å². The van der Waals surface area contributed by atoms with Crippen molar-refractivity contribution in [2.45, 2.75) is 19.8 Å². The van der Waals surface area contributed by atoms with Gasteiger partial charge in [0.2, 0.25) is 0 Å². The maximum absolute atomic E-state index is 11.4. The van der Waals surface area contributed by atoms with E-state index in [4.69, 9.17) is 4.42 Å². The molecule has 0 bridgehead atoms. The van der Waals surface area contributed by atoms with Crippen LogP contribution in [0.3, 0.4) is 0 Å². The third-order valence-electron chi connectivity index (χ3n) is 2.01. The van der Waals surface area contributed by atoms with Crippen molar-refractivity contribution in [1.29, 1.82) is 0 Å². The molecule has 0 saturated heterocycles. The van der Waals surface area contributed by atoms with Gasteiger partial charge in [-0.1, -0.05) is 12.2 Å². The number of allylic oxidation sites excluding steroid dienone is 1. The van der Waals surface area contributed by atoms with Gasteiger partial charge in [0.25, 0.3) is 0 Å². The van der Waals surface area contributed by atoms with E-state index in [0.29, 0.717) is 5.76 Å². The Labute approximate surface area is 70.5 Å². The molecule has 62 valence electrons. The monoisotopic (exact) mass is 162 g/mol. The van der Waals surface area contributed by atoms with Gasteiger partial charge in [0, 0.05) is 12.5 Å². The molecule has 2 rings (SSSR count). The predicted molar refractivity (Wildman–Crippen MR) is 47.1 cm³/mol. The molecule has 0 aliphatic heterocycles. The first kappa shape index (κ1) is 7.35. The standard InChI is InChI=1S/C10H10O2/c1-7-6-9(11)8-4-2-3-5-10(8)12-7/h2,4,6H,3,5H2,1H3. The molecule has 0 radical (unpaired) electrons. The first-order valence-corrected chi connectivity index (χ1v) is 4.07. The van der Waals surface area contributed by atoms with Gasteiger partial charge in [0.15, 0.2) is 5.43 Å². The summed E-state index contributed by atoms with van der Waals surface area (Å²) in [6.07, 6.45) is 5.68. The lowest BCUT2D eigenvalue weighted by Crippen LogP contribution is -2.10. The van der Waals surface area contributed by atoms with Crippen LogP contribution in [0.25, 0.3) is 6.08 Å². The Hall–Kier alpha value is -1.31. The van der Waals surface area contributed by atoms with Crippen LogP contribution >= 0.6 is 0 Å². The lowest BCUT2D eigenvalue weighted by atomic mass is 10.0. The average molecular weight is 162 g/mol. The van der Waals surface area contributed by atoms with E-state index in [2.05, 4.69) is 0 Å². The number of hydrogen-bond acceptors (Lipinski definition) is 2. The third kappa shape index (κ3) is 1.09. The highest BCUT2D eigenvalue weighted by Crippen LogP contribution is 2.16. The molecule has 0 N–H and O–H groups in total. The second kappa shape index (κ2) is 2.63. The Morgan fingerprint density at radius 3 is 3.17 bits per heavy atom. The fourth-order valence-electron chi connectivity index (χ4n) is 1.45. The molecule has 0 atom stereocenters. The van der Waals surface area contributed by atoms with Crippen LogP contribution in [0, 0.1) is 6.92 Å². The second-order valence-electron chi connectivity index (χ2n) is 3.00. The summed E-state index contributed by atoms with van der Waals surface area (Å²) >= 11 is 0. The summed E-state index contributed by atoms with van der Waals surface area (Å²) in [4.78, 5) is 11.4. The SMILES string of the molecule is Cc1cc(=O)c2c(o1)CCC=C2. The molecule has 0 fully saturated rings. The molecule has 1 heterocycles. The van der Waals surface area contributed by atoms with E-state index in [-0.39, 0.29) is 5.43 Å². The van der Waals surface area contributed by atoms with Crippen molar-refractivity contribution in [2.24, 2.45) is 0 Å². The van der Waals surface area contributed by atoms with E-state index < -0.39 is 0 Å². The van der Waals surface area contributed by atoms with Crippen molar-refractivity contribution < 1.29 is 4.42 Å². The van der Waals surface area contributed by atoms with E-state index in [1.807, 2.05) is 12.2 Å². The molecule has 1 aromatic heterocycles. The lowest BCUT2D eigenvalue weighted by Gasteiger charge is -2.07. The smallest absolute Gasteiger partial charge is 0.192 e. The molecule has 0 amide bonds. The molecule has 1 aromatic rings. The molecular weight excluding hydrogens is 152 g/mol. The van der Waals surface area contributed by atoms with Gasteiger partial charge in [-0.05, 0) is 13.3 Å². The zero-order chi connectivity index (χ0) is 8.55. The Kier molecular flexibility index (Phi) is 1.61. The van der Waals surface area contributed by atoms with Crippen LogP contribution in [-0.4, -0.2) is 0 Å². The number of hydrogen-bond donors (Lipinski definition) is 0. The molecule has 1 aliphatic carbocycles. The molecule has 0 saturated carbocycles. The molecule has 12 heavy (non-hydrogen) atoms. The summed E-state index contributed by atoms with van der Waals surface area (Å²) in [6.45, 7) is 1.81. The van der Waals surface area contributed by atoms with Gasteiger partial charge in [-0.3, -0.25) is 4.79 Å². The summed E-state index contributed by atoms with van der Waals surface area (Å²) < 4.78 is 5.43. The summed E-state index contributed by atoms with van der Waals surface area (Å²) in [5, 5.41) is 0. The highest BCUT2D eigenvalue weighted by atomic mass is 16.3. The molecule has 2 nitrogen and oxygen atoms in total. The van der Waals surface area contributed by atoms with E-state index in [0.717, 1.165) is 24.2 Å². The minimum absolute atomic E-state index is 0.0738. The first-order valence-electron chi connectivity index (χ1n) is 4.07. The Bertz CT molecular complexity index is 385. The van der Waals surface area contributed by atoms with Crippen LogP contribution in [0.5, 0.6) is 0 Å². The number of rotatable bonds is 0. The Morgan fingerprint density at radius 1 is 1.50 bits per heavy atom. The van der Waals surface area contributed by atoms with Crippen molar-refractivity contribution in [3.63, 3.8) is 0 Å². The number of fused-ring (bicyclic) bond motifs is 1. The van der Waals surface area contributed by atoms with Gasteiger partial charge in [0.05, 0.1) is 5.56 Å². The fourth-order valence-corrected chi connectivity index (χ4v) is 1.45. The van der Waals surface area contributed by atoms with E-state index in [1.165, 1.54) is 6.07 Å². The fraction of sp³-hybridized carbons (Fsp3) is 0.300.